The number of hydrogen-bond acceptors (Lipinski definition) is 4. The van der Waals surface area contributed by atoms with Crippen LogP contribution in [0, 0.1) is 0 Å². The molecule has 1 N–H and O–H groups in total. The number of aryl methyl sites for hydroxylation is 1. The van der Waals surface area contributed by atoms with E-state index >= 15 is 0 Å². The van der Waals surface area contributed by atoms with Gasteiger partial charge >= 0.3 is 0 Å². The van der Waals surface area contributed by atoms with Gasteiger partial charge in [-0.25, -0.2) is 4.68 Å². The first kappa shape index (κ1) is 16.6. The lowest BCUT2D eigenvalue weighted by atomic mass is 9.93. The molecule has 0 radical (unpaired) electrons. The molecule has 2 aromatic carbocycles. The maximum atomic E-state index is 5.57. The summed E-state index contributed by atoms with van der Waals surface area (Å²) in [4.78, 5) is 4.41. The largest absolute Gasteiger partial charge is 0.494 e. The summed E-state index contributed by atoms with van der Waals surface area (Å²) < 4.78 is 7.55. The lowest BCUT2D eigenvalue weighted by Gasteiger charge is -2.32. The Morgan fingerprint density at radius 2 is 1.77 bits per heavy atom. The van der Waals surface area contributed by atoms with Gasteiger partial charge in [0.15, 0.2) is 0 Å². The van der Waals surface area contributed by atoms with Crippen molar-refractivity contribution in [1.82, 2.24) is 14.8 Å². The second-order valence-corrected chi connectivity index (χ2v) is 6.57. The number of benzene rings is 2. The number of rotatable bonds is 5. The lowest BCUT2D eigenvalue weighted by molar-refractivity contribution is 0.340. The van der Waals surface area contributed by atoms with Crippen molar-refractivity contribution >= 4 is 5.95 Å². The fourth-order valence-electron chi connectivity index (χ4n) is 3.55. The zero-order valence-corrected chi connectivity index (χ0v) is 15.2. The van der Waals surface area contributed by atoms with Gasteiger partial charge in [0, 0.05) is 0 Å². The maximum Gasteiger partial charge on any atom is 0.222 e. The zero-order chi connectivity index (χ0) is 17.9. The van der Waals surface area contributed by atoms with Crippen LogP contribution in [0.15, 0.2) is 54.9 Å². The van der Waals surface area contributed by atoms with Crippen molar-refractivity contribution in [3.8, 4) is 5.75 Å². The second kappa shape index (κ2) is 7.20. The Morgan fingerprint density at radius 1 is 1.04 bits per heavy atom. The lowest BCUT2D eigenvalue weighted by Crippen LogP contribution is -2.28. The summed E-state index contributed by atoms with van der Waals surface area (Å²) >= 11 is 0. The Balaban J connectivity index is 1.63. The number of aromatic nitrogens is 3. The van der Waals surface area contributed by atoms with Gasteiger partial charge in [-0.3, -0.25) is 0 Å². The number of nitrogens with zero attached hydrogens (tertiary/aromatic N) is 3. The molecule has 3 aromatic rings. The molecule has 5 nitrogen and oxygen atoms in total. The molecule has 0 saturated carbocycles. The summed E-state index contributed by atoms with van der Waals surface area (Å²) in [6.45, 7) is 4.85. The summed E-state index contributed by atoms with van der Waals surface area (Å²) in [6.07, 6.45) is 3.60. The van der Waals surface area contributed by atoms with Crippen LogP contribution < -0.4 is 10.1 Å². The molecular formula is C21H24N4O. The average molecular weight is 348 g/mol. The quantitative estimate of drug-likeness (QED) is 0.743. The van der Waals surface area contributed by atoms with Gasteiger partial charge in [-0.1, -0.05) is 43.3 Å². The number of ether oxygens (including phenoxy) is 1. The van der Waals surface area contributed by atoms with Gasteiger partial charge in [0.05, 0.1) is 18.7 Å². The van der Waals surface area contributed by atoms with Gasteiger partial charge in [-0.15, -0.1) is 0 Å². The summed E-state index contributed by atoms with van der Waals surface area (Å²) in [7, 11) is 0. The van der Waals surface area contributed by atoms with Gasteiger partial charge in [0.2, 0.25) is 5.95 Å². The van der Waals surface area contributed by atoms with Crippen molar-refractivity contribution in [3.05, 3.63) is 71.5 Å². The fraction of sp³-hybridized carbons (Fsp3) is 0.333. The molecular weight excluding hydrogens is 324 g/mol. The van der Waals surface area contributed by atoms with E-state index in [0.717, 1.165) is 24.5 Å². The molecule has 5 heteroatoms. The van der Waals surface area contributed by atoms with Crippen LogP contribution >= 0.6 is 0 Å². The van der Waals surface area contributed by atoms with Gasteiger partial charge in [0.1, 0.15) is 12.1 Å². The highest BCUT2D eigenvalue weighted by atomic mass is 16.5. The highest BCUT2D eigenvalue weighted by Crippen LogP contribution is 2.37. The Bertz CT molecular complexity index is 854. The number of fused-ring (bicyclic) bond motifs is 1. The van der Waals surface area contributed by atoms with Crippen LogP contribution in [0.5, 0.6) is 5.75 Å². The third-order valence-electron chi connectivity index (χ3n) is 5.00. The topological polar surface area (TPSA) is 52.0 Å². The van der Waals surface area contributed by atoms with Gasteiger partial charge < -0.3 is 10.1 Å². The molecule has 0 bridgehead atoms. The van der Waals surface area contributed by atoms with E-state index in [1.165, 1.54) is 16.7 Å². The molecule has 0 amide bonds. The average Bonchev–Trinajstić information content (AvgIpc) is 3.17. The minimum absolute atomic E-state index is 0.153. The van der Waals surface area contributed by atoms with E-state index in [0.29, 0.717) is 6.61 Å². The summed E-state index contributed by atoms with van der Waals surface area (Å²) in [6, 6.07) is 17.5. The Morgan fingerprint density at radius 3 is 2.46 bits per heavy atom. The number of hydrogen-bond donors (Lipinski definition) is 1. The molecule has 0 spiro atoms. The van der Waals surface area contributed by atoms with Crippen LogP contribution in [-0.4, -0.2) is 21.4 Å². The van der Waals surface area contributed by atoms with Crippen LogP contribution in [-0.2, 0) is 6.42 Å². The summed E-state index contributed by atoms with van der Waals surface area (Å²) in [5, 5.41) is 7.97. The Labute approximate surface area is 154 Å². The molecule has 0 saturated heterocycles. The van der Waals surface area contributed by atoms with Crippen LogP contribution in [0.4, 0.5) is 5.95 Å². The molecule has 0 fully saturated rings. The van der Waals surface area contributed by atoms with Crippen molar-refractivity contribution in [1.29, 1.82) is 0 Å². The Kier molecular flexibility index (Phi) is 4.61. The Hall–Kier alpha value is -2.82. The smallest absolute Gasteiger partial charge is 0.222 e. The van der Waals surface area contributed by atoms with Crippen LogP contribution in [0.1, 0.15) is 49.0 Å². The molecule has 1 aliphatic rings. The third kappa shape index (κ3) is 3.17. The molecule has 4 rings (SSSR count). The second-order valence-electron chi connectivity index (χ2n) is 6.57. The van der Waals surface area contributed by atoms with Gasteiger partial charge in [-0.05, 0) is 48.6 Å². The standard InChI is InChI=1S/C21H24N4O/c1-3-15-5-7-16(8-6-15)19-13-20(25-21(24-19)22-14-23-25)17-9-11-18(12-10-17)26-4-2/h5-12,14,19-20H,3-4,13H2,1-2H3,(H,22,23,24)/t19-,20-/m0/s1. The highest BCUT2D eigenvalue weighted by molar-refractivity contribution is 5.39. The van der Waals surface area contributed by atoms with E-state index < -0.39 is 0 Å². The van der Waals surface area contributed by atoms with E-state index in [4.69, 9.17) is 4.74 Å². The fourth-order valence-corrected chi connectivity index (χ4v) is 3.55. The monoisotopic (exact) mass is 348 g/mol. The van der Waals surface area contributed by atoms with E-state index in [-0.39, 0.29) is 12.1 Å². The van der Waals surface area contributed by atoms with Crippen molar-refractivity contribution < 1.29 is 4.74 Å². The van der Waals surface area contributed by atoms with Crippen molar-refractivity contribution in [2.24, 2.45) is 0 Å². The van der Waals surface area contributed by atoms with Gasteiger partial charge in [-0.2, -0.15) is 10.1 Å². The predicted molar refractivity (Wildman–Crippen MR) is 103 cm³/mol. The first-order valence-corrected chi connectivity index (χ1v) is 9.26. The molecule has 134 valence electrons. The van der Waals surface area contributed by atoms with Crippen LogP contribution in [0.25, 0.3) is 0 Å². The first-order chi connectivity index (χ1) is 12.8. The highest BCUT2D eigenvalue weighted by Gasteiger charge is 2.29. The minimum Gasteiger partial charge on any atom is -0.494 e. The van der Waals surface area contributed by atoms with E-state index in [1.807, 2.05) is 23.7 Å². The normalized spacial score (nSPS) is 18.8. The molecule has 1 aromatic heterocycles. The molecule has 26 heavy (non-hydrogen) atoms. The summed E-state index contributed by atoms with van der Waals surface area (Å²) in [5.41, 5.74) is 3.86. The van der Waals surface area contributed by atoms with Crippen molar-refractivity contribution in [2.45, 2.75) is 38.8 Å². The first-order valence-electron chi connectivity index (χ1n) is 9.26. The number of anilines is 1. The van der Waals surface area contributed by atoms with E-state index in [9.17, 15) is 0 Å². The zero-order valence-electron chi connectivity index (χ0n) is 15.2. The SMILES string of the molecule is CCOc1ccc([C@@H]2C[C@@H](c3ccc(CC)cc3)Nc3ncnn32)cc1. The van der Waals surface area contributed by atoms with Crippen LogP contribution in [0.3, 0.4) is 0 Å². The van der Waals surface area contributed by atoms with Crippen molar-refractivity contribution in [3.63, 3.8) is 0 Å². The van der Waals surface area contributed by atoms with E-state index in [2.05, 4.69) is 58.7 Å². The summed E-state index contributed by atoms with van der Waals surface area (Å²) in [5.74, 6) is 1.72. The molecule has 2 atom stereocenters. The molecule has 2 heterocycles. The maximum absolute atomic E-state index is 5.57. The minimum atomic E-state index is 0.153. The van der Waals surface area contributed by atoms with Crippen LogP contribution in [0.2, 0.25) is 0 Å². The third-order valence-corrected chi connectivity index (χ3v) is 5.00. The molecule has 0 unspecified atom stereocenters. The van der Waals surface area contributed by atoms with E-state index in [1.54, 1.807) is 6.33 Å². The predicted octanol–water partition coefficient (Wildman–Crippen LogP) is 4.39. The molecule has 0 aliphatic carbocycles. The van der Waals surface area contributed by atoms with Crippen molar-refractivity contribution in [2.75, 3.05) is 11.9 Å². The number of nitrogens with one attached hydrogen (secondary N) is 1. The van der Waals surface area contributed by atoms with Gasteiger partial charge in [0.25, 0.3) is 0 Å². The molecule has 1 aliphatic heterocycles.